The average molecular weight is 515 g/mol. The second-order valence-corrected chi connectivity index (χ2v) is 10.1. The van der Waals surface area contributed by atoms with E-state index in [4.69, 9.17) is 28.3 Å². The lowest BCUT2D eigenvalue weighted by Crippen LogP contribution is -2.17. The highest BCUT2D eigenvalue weighted by Crippen LogP contribution is 2.23. The number of H-pyrrole nitrogens is 1. The van der Waals surface area contributed by atoms with E-state index in [9.17, 15) is 9.18 Å². The molecule has 0 aliphatic heterocycles. The van der Waals surface area contributed by atoms with Gasteiger partial charge in [0.15, 0.2) is 0 Å². The molecule has 4 nitrogen and oxygen atoms in total. The van der Waals surface area contributed by atoms with Crippen molar-refractivity contribution in [2.45, 2.75) is 39.2 Å². The van der Waals surface area contributed by atoms with Gasteiger partial charge >= 0.3 is 5.97 Å². The zero-order valence-electron chi connectivity index (χ0n) is 20.0. The summed E-state index contributed by atoms with van der Waals surface area (Å²) in [4.78, 5) is 13.4. The molecule has 0 saturated carbocycles. The standard InChI is InChI=1S/C19H23Cl2N.C9H6FNO2/c1-19(2,3)16-7-4-15(5-8-16)13-22-11-10-14-6-9-17(20)18(21)12-14;10-7-2-1-6(9(12)13)8-5(7)3-4-11-8/h4-9,12,22H,10-11,13H2,1-3H3;1-4,11H,(H,12,13). The van der Waals surface area contributed by atoms with Crippen LogP contribution in [0, 0.1) is 5.82 Å². The molecule has 35 heavy (non-hydrogen) atoms. The number of nitrogens with one attached hydrogen (secondary N) is 2. The molecule has 0 spiro atoms. The minimum Gasteiger partial charge on any atom is -0.478 e. The van der Waals surface area contributed by atoms with Crippen LogP contribution >= 0.6 is 23.2 Å². The molecule has 7 heteroatoms. The van der Waals surface area contributed by atoms with Crippen LogP contribution in [-0.4, -0.2) is 22.6 Å². The molecule has 0 bridgehead atoms. The first-order valence-electron chi connectivity index (χ1n) is 11.3. The van der Waals surface area contributed by atoms with E-state index in [1.165, 1.54) is 35.0 Å². The molecule has 4 rings (SSSR count). The number of hydrogen-bond donors (Lipinski definition) is 3. The fourth-order valence-corrected chi connectivity index (χ4v) is 3.90. The van der Waals surface area contributed by atoms with Crippen molar-refractivity contribution in [1.82, 2.24) is 10.3 Å². The average Bonchev–Trinajstić information content (AvgIpc) is 3.30. The molecule has 3 aromatic carbocycles. The van der Waals surface area contributed by atoms with Gasteiger partial charge in [-0.25, -0.2) is 9.18 Å². The third-order valence-electron chi connectivity index (χ3n) is 5.62. The normalized spacial score (nSPS) is 11.3. The Hall–Kier alpha value is -2.86. The van der Waals surface area contributed by atoms with Gasteiger partial charge in [-0.1, -0.05) is 74.3 Å². The van der Waals surface area contributed by atoms with Gasteiger partial charge in [0.1, 0.15) is 5.82 Å². The fourth-order valence-electron chi connectivity index (χ4n) is 3.58. The SMILES string of the molecule is CC(C)(C)c1ccc(CNCCc2ccc(Cl)c(Cl)c2)cc1.O=C(O)c1ccc(F)c2cc[nH]c12. The molecule has 0 atom stereocenters. The lowest BCUT2D eigenvalue weighted by atomic mass is 9.87. The van der Waals surface area contributed by atoms with Crippen LogP contribution in [0.25, 0.3) is 10.9 Å². The van der Waals surface area contributed by atoms with Crippen LogP contribution in [0.15, 0.2) is 66.9 Å². The molecule has 0 aliphatic carbocycles. The van der Waals surface area contributed by atoms with E-state index in [2.05, 4.69) is 55.3 Å². The highest BCUT2D eigenvalue weighted by atomic mass is 35.5. The number of aromatic carboxylic acids is 1. The van der Waals surface area contributed by atoms with E-state index >= 15 is 0 Å². The van der Waals surface area contributed by atoms with Gasteiger partial charge in [0.25, 0.3) is 0 Å². The number of halogens is 3. The molecule has 0 aliphatic rings. The number of carboxylic acids is 1. The Labute approximate surface area is 215 Å². The van der Waals surface area contributed by atoms with E-state index in [0.29, 0.717) is 20.9 Å². The summed E-state index contributed by atoms with van der Waals surface area (Å²) in [7, 11) is 0. The maximum absolute atomic E-state index is 13.1. The molecule has 0 unspecified atom stereocenters. The highest BCUT2D eigenvalue weighted by Gasteiger charge is 2.13. The van der Waals surface area contributed by atoms with Crippen LogP contribution < -0.4 is 5.32 Å². The predicted octanol–water partition coefficient (Wildman–Crippen LogP) is 7.63. The van der Waals surface area contributed by atoms with Gasteiger partial charge in [-0.2, -0.15) is 0 Å². The second kappa shape index (κ2) is 11.7. The summed E-state index contributed by atoms with van der Waals surface area (Å²) in [6, 6.07) is 18.6. The molecular formula is C28H29Cl2FN2O2. The van der Waals surface area contributed by atoms with Crippen LogP contribution in [0.4, 0.5) is 4.39 Å². The lowest BCUT2D eigenvalue weighted by molar-refractivity contribution is 0.0699. The number of carboxylic acid groups (broad SMARTS) is 1. The number of carbonyl (C=O) groups is 1. The highest BCUT2D eigenvalue weighted by molar-refractivity contribution is 6.42. The van der Waals surface area contributed by atoms with Crippen molar-refractivity contribution in [1.29, 1.82) is 0 Å². The second-order valence-electron chi connectivity index (χ2n) is 9.29. The number of benzene rings is 3. The van der Waals surface area contributed by atoms with Crippen molar-refractivity contribution in [2.24, 2.45) is 0 Å². The van der Waals surface area contributed by atoms with Gasteiger partial charge in [-0.05, 0) is 65.4 Å². The molecule has 184 valence electrons. The Bertz CT molecular complexity index is 1290. The first-order valence-corrected chi connectivity index (χ1v) is 12.0. The van der Waals surface area contributed by atoms with Gasteiger partial charge in [-0.3, -0.25) is 0 Å². The Morgan fingerprint density at radius 1 is 0.971 bits per heavy atom. The van der Waals surface area contributed by atoms with E-state index in [1.54, 1.807) is 0 Å². The summed E-state index contributed by atoms with van der Waals surface area (Å²) in [5.41, 5.74) is 4.49. The molecule has 0 fully saturated rings. The smallest absolute Gasteiger partial charge is 0.337 e. The number of aromatic amines is 1. The van der Waals surface area contributed by atoms with Crippen LogP contribution in [0.3, 0.4) is 0 Å². The van der Waals surface area contributed by atoms with Gasteiger partial charge in [0, 0.05) is 18.1 Å². The number of rotatable bonds is 6. The minimum absolute atomic E-state index is 0.0846. The third-order valence-corrected chi connectivity index (χ3v) is 6.36. The summed E-state index contributed by atoms with van der Waals surface area (Å²) in [5, 5.41) is 13.8. The first kappa shape index (κ1) is 26.7. The maximum atomic E-state index is 13.1. The lowest BCUT2D eigenvalue weighted by Gasteiger charge is -2.19. The van der Waals surface area contributed by atoms with Crippen molar-refractivity contribution in [2.75, 3.05) is 6.54 Å². The molecular weight excluding hydrogens is 486 g/mol. The zero-order valence-corrected chi connectivity index (χ0v) is 21.5. The van der Waals surface area contributed by atoms with Crippen molar-refractivity contribution in [3.05, 3.63) is 105 Å². The van der Waals surface area contributed by atoms with E-state index in [0.717, 1.165) is 25.6 Å². The van der Waals surface area contributed by atoms with Gasteiger partial charge < -0.3 is 15.4 Å². The monoisotopic (exact) mass is 514 g/mol. The van der Waals surface area contributed by atoms with Crippen molar-refractivity contribution in [3.63, 3.8) is 0 Å². The summed E-state index contributed by atoms with van der Waals surface area (Å²) < 4.78 is 13.1. The van der Waals surface area contributed by atoms with E-state index in [1.807, 2.05) is 18.2 Å². The van der Waals surface area contributed by atoms with Crippen LogP contribution in [0.5, 0.6) is 0 Å². The zero-order chi connectivity index (χ0) is 25.6. The molecule has 0 radical (unpaired) electrons. The Balaban J connectivity index is 0.000000223. The van der Waals surface area contributed by atoms with Crippen LogP contribution in [0.2, 0.25) is 10.0 Å². The largest absolute Gasteiger partial charge is 0.478 e. The third kappa shape index (κ3) is 7.31. The van der Waals surface area contributed by atoms with Crippen molar-refractivity contribution < 1.29 is 14.3 Å². The van der Waals surface area contributed by atoms with Gasteiger partial charge in [-0.15, -0.1) is 0 Å². The Morgan fingerprint density at radius 3 is 2.29 bits per heavy atom. The van der Waals surface area contributed by atoms with E-state index in [-0.39, 0.29) is 11.0 Å². The van der Waals surface area contributed by atoms with Crippen molar-refractivity contribution >= 4 is 40.1 Å². The Kier molecular flexibility index (Phi) is 8.95. The predicted molar refractivity (Wildman–Crippen MR) is 142 cm³/mol. The molecule has 4 aromatic rings. The molecule has 1 aromatic heterocycles. The molecule has 1 heterocycles. The first-order chi connectivity index (χ1) is 16.6. The van der Waals surface area contributed by atoms with E-state index < -0.39 is 11.8 Å². The Morgan fingerprint density at radius 2 is 1.66 bits per heavy atom. The summed E-state index contributed by atoms with van der Waals surface area (Å²) in [5.74, 6) is -1.48. The topological polar surface area (TPSA) is 65.1 Å². The summed E-state index contributed by atoms with van der Waals surface area (Å²) >= 11 is 11.9. The molecule has 0 saturated heterocycles. The van der Waals surface area contributed by atoms with Crippen LogP contribution in [-0.2, 0) is 18.4 Å². The maximum Gasteiger partial charge on any atom is 0.337 e. The minimum atomic E-state index is -1.06. The fraction of sp³-hybridized carbons (Fsp3) is 0.250. The number of aromatic nitrogens is 1. The molecule has 3 N–H and O–H groups in total. The van der Waals surface area contributed by atoms with Crippen LogP contribution in [0.1, 0.15) is 47.8 Å². The number of fused-ring (bicyclic) bond motifs is 1. The summed E-state index contributed by atoms with van der Waals surface area (Å²) in [6.07, 6.45) is 2.46. The van der Waals surface area contributed by atoms with Gasteiger partial charge in [0.05, 0.1) is 21.1 Å². The molecule has 0 amide bonds. The number of hydrogen-bond acceptors (Lipinski definition) is 2. The quantitative estimate of drug-likeness (QED) is 0.231. The summed E-state index contributed by atoms with van der Waals surface area (Å²) in [6.45, 7) is 8.50. The van der Waals surface area contributed by atoms with Crippen molar-refractivity contribution in [3.8, 4) is 0 Å². The van der Waals surface area contributed by atoms with Gasteiger partial charge in [0.2, 0.25) is 0 Å².